The molecule has 86 valence electrons. The van der Waals surface area contributed by atoms with Crippen LogP contribution in [-0.4, -0.2) is 16.1 Å². The van der Waals surface area contributed by atoms with E-state index in [9.17, 15) is 4.79 Å². The highest BCUT2D eigenvalue weighted by molar-refractivity contribution is 5.92. The fourth-order valence-electron chi connectivity index (χ4n) is 1.77. The number of aromatic nitrogens is 1. The molecule has 1 aliphatic rings. The van der Waals surface area contributed by atoms with Gasteiger partial charge in [-0.2, -0.15) is 0 Å². The molecule has 1 aromatic carbocycles. The number of hydrogen-bond donors (Lipinski definition) is 1. The van der Waals surface area contributed by atoms with Crippen LogP contribution >= 0.6 is 0 Å². The van der Waals surface area contributed by atoms with Gasteiger partial charge in [-0.1, -0.05) is 30.3 Å². The van der Waals surface area contributed by atoms with Crippen molar-refractivity contribution in [2.45, 2.75) is 18.8 Å². The molecule has 1 aliphatic carbocycles. The Balaban J connectivity index is 2.10. The average molecular weight is 229 g/mol. The van der Waals surface area contributed by atoms with Crippen LogP contribution in [0.5, 0.6) is 0 Å². The molecule has 0 amide bonds. The summed E-state index contributed by atoms with van der Waals surface area (Å²) in [6, 6.07) is 9.22. The summed E-state index contributed by atoms with van der Waals surface area (Å²) in [5.41, 5.74) is 0.766. The summed E-state index contributed by atoms with van der Waals surface area (Å²) < 4.78 is 5.59. The van der Waals surface area contributed by atoms with Gasteiger partial charge in [0.25, 0.3) is 0 Å². The summed E-state index contributed by atoms with van der Waals surface area (Å²) in [7, 11) is 0. The van der Waals surface area contributed by atoms with Gasteiger partial charge in [0.2, 0.25) is 0 Å². The van der Waals surface area contributed by atoms with Crippen LogP contribution in [0.4, 0.5) is 0 Å². The van der Waals surface area contributed by atoms with Gasteiger partial charge < -0.3 is 9.52 Å². The maximum Gasteiger partial charge on any atom is 0.358 e. The third-order valence-electron chi connectivity index (χ3n) is 2.81. The molecule has 1 saturated carbocycles. The minimum atomic E-state index is -1.04. The number of carboxylic acid groups (broad SMARTS) is 1. The third-order valence-corrected chi connectivity index (χ3v) is 2.81. The molecule has 0 radical (unpaired) electrons. The quantitative estimate of drug-likeness (QED) is 0.878. The van der Waals surface area contributed by atoms with Crippen molar-refractivity contribution < 1.29 is 14.3 Å². The van der Waals surface area contributed by atoms with E-state index in [4.69, 9.17) is 9.52 Å². The second-order valence-corrected chi connectivity index (χ2v) is 4.18. The molecule has 17 heavy (non-hydrogen) atoms. The molecule has 4 nitrogen and oxygen atoms in total. The molecule has 0 aliphatic heterocycles. The van der Waals surface area contributed by atoms with Crippen molar-refractivity contribution in [3.8, 4) is 11.3 Å². The Labute approximate surface area is 97.9 Å². The number of carbonyl (C=O) groups is 1. The molecule has 0 unspecified atom stereocenters. The molecule has 1 aromatic heterocycles. The zero-order chi connectivity index (χ0) is 11.8. The van der Waals surface area contributed by atoms with E-state index in [-0.39, 0.29) is 5.69 Å². The van der Waals surface area contributed by atoms with E-state index >= 15 is 0 Å². The second kappa shape index (κ2) is 3.73. The fraction of sp³-hybridized carbons (Fsp3) is 0.231. The topological polar surface area (TPSA) is 63.3 Å². The largest absolute Gasteiger partial charge is 0.476 e. The van der Waals surface area contributed by atoms with Crippen molar-refractivity contribution in [3.63, 3.8) is 0 Å². The standard InChI is InChI=1S/C13H11NO3/c15-13(16)10-11(8-4-2-1-3-5-8)17-12(14-10)9-6-7-9/h1-5,9H,6-7H2,(H,15,16). The highest BCUT2D eigenvalue weighted by atomic mass is 16.4. The summed E-state index contributed by atoms with van der Waals surface area (Å²) in [4.78, 5) is 15.2. The summed E-state index contributed by atoms with van der Waals surface area (Å²) in [6.45, 7) is 0. The van der Waals surface area contributed by atoms with Crippen molar-refractivity contribution >= 4 is 5.97 Å². The normalized spacial score (nSPS) is 14.8. The lowest BCUT2D eigenvalue weighted by atomic mass is 10.1. The molecule has 2 aromatic rings. The monoisotopic (exact) mass is 229 g/mol. The van der Waals surface area contributed by atoms with Gasteiger partial charge in [0.1, 0.15) is 0 Å². The van der Waals surface area contributed by atoms with Crippen LogP contribution < -0.4 is 0 Å². The SMILES string of the molecule is O=C(O)c1nc(C2CC2)oc1-c1ccccc1. The van der Waals surface area contributed by atoms with Gasteiger partial charge in [-0.15, -0.1) is 0 Å². The zero-order valence-electron chi connectivity index (χ0n) is 9.09. The Morgan fingerprint density at radius 2 is 2.00 bits per heavy atom. The van der Waals surface area contributed by atoms with Crippen LogP contribution in [0.3, 0.4) is 0 Å². The van der Waals surface area contributed by atoms with Crippen molar-refractivity contribution in [3.05, 3.63) is 41.9 Å². The first-order valence-electron chi connectivity index (χ1n) is 5.55. The predicted molar refractivity (Wildman–Crippen MR) is 60.9 cm³/mol. The molecule has 1 fully saturated rings. The first-order valence-corrected chi connectivity index (χ1v) is 5.55. The Bertz CT molecular complexity index is 555. The van der Waals surface area contributed by atoms with Gasteiger partial charge in [0.05, 0.1) is 0 Å². The van der Waals surface area contributed by atoms with Gasteiger partial charge in [0, 0.05) is 11.5 Å². The fourth-order valence-corrected chi connectivity index (χ4v) is 1.77. The molecule has 1 N–H and O–H groups in total. The maximum atomic E-state index is 11.1. The van der Waals surface area contributed by atoms with Crippen LogP contribution in [0.2, 0.25) is 0 Å². The predicted octanol–water partition coefficient (Wildman–Crippen LogP) is 2.92. The number of carboxylic acids is 1. The molecule has 0 saturated heterocycles. The molecule has 0 atom stereocenters. The first-order chi connectivity index (χ1) is 8.25. The number of aromatic carboxylic acids is 1. The van der Waals surface area contributed by atoms with Crippen LogP contribution in [0, 0.1) is 0 Å². The van der Waals surface area contributed by atoms with Crippen LogP contribution in [0.25, 0.3) is 11.3 Å². The molecule has 1 heterocycles. The summed E-state index contributed by atoms with van der Waals surface area (Å²) in [6.07, 6.45) is 2.07. The zero-order valence-corrected chi connectivity index (χ0v) is 9.09. The number of benzene rings is 1. The molecular formula is C13H11NO3. The van der Waals surface area contributed by atoms with Gasteiger partial charge in [-0.3, -0.25) is 0 Å². The average Bonchev–Trinajstić information content (AvgIpc) is 3.09. The minimum absolute atomic E-state index is 0.0121. The number of oxazole rings is 1. The van der Waals surface area contributed by atoms with Gasteiger partial charge in [-0.25, -0.2) is 9.78 Å². The lowest BCUT2D eigenvalue weighted by Gasteiger charge is -1.96. The van der Waals surface area contributed by atoms with Gasteiger partial charge in [-0.05, 0) is 12.8 Å². The summed E-state index contributed by atoms with van der Waals surface area (Å²) in [5.74, 6) is 0.186. The maximum absolute atomic E-state index is 11.1. The summed E-state index contributed by atoms with van der Waals surface area (Å²) >= 11 is 0. The van der Waals surface area contributed by atoms with E-state index in [2.05, 4.69) is 4.98 Å². The number of hydrogen-bond acceptors (Lipinski definition) is 3. The highest BCUT2D eigenvalue weighted by Crippen LogP contribution is 2.41. The molecule has 0 spiro atoms. The Morgan fingerprint density at radius 3 is 2.59 bits per heavy atom. The van der Waals surface area contributed by atoms with Crippen LogP contribution in [0.15, 0.2) is 34.7 Å². The first kappa shape index (κ1) is 10.1. The number of nitrogens with zero attached hydrogens (tertiary/aromatic N) is 1. The Hall–Kier alpha value is -2.10. The third kappa shape index (κ3) is 1.82. The van der Waals surface area contributed by atoms with Crippen LogP contribution in [0.1, 0.15) is 35.1 Å². The van der Waals surface area contributed by atoms with Gasteiger partial charge in [0.15, 0.2) is 17.3 Å². The molecule has 4 heteroatoms. The van der Waals surface area contributed by atoms with Crippen molar-refractivity contribution in [1.29, 1.82) is 0 Å². The lowest BCUT2D eigenvalue weighted by Crippen LogP contribution is -1.99. The van der Waals surface area contributed by atoms with E-state index in [1.807, 2.05) is 30.3 Å². The summed E-state index contributed by atoms with van der Waals surface area (Å²) in [5, 5.41) is 9.12. The van der Waals surface area contributed by atoms with Crippen molar-refractivity contribution in [2.24, 2.45) is 0 Å². The van der Waals surface area contributed by atoms with E-state index < -0.39 is 5.97 Å². The highest BCUT2D eigenvalue weighted by Gasteiger charge is 2.32. The number of rotatable bonds is 3. The minimum Gasteiger partial charge on any atom is -0.476 e. The van der Waals surface area contributed by atoms with E-state index in [0.29, 0.717) is 17.6 Å². The molecular weight excluding hydrogens is 218 g/mol. The second-order valence-electron chi connectivity index (χ2n) is 4.18. The molecule has 3 rings (SSSR count). The van der Waals surface area contributed by atoms with E-state index in [1.54, 1.807) is 0 Å². The van der Waals surface area contributed by atoms with Crippen molar-refractivity contribution in [1.82, 2.24) is 4.98 Å². The van der Waals surface area contributed by atoms with Crippen LogP contribution in [-0.2, 0) is 0 Å². The van der Waals surface area contributed by atoms with Gasteiger partial charge >= 0.3 is 5.97 Å². The Kier molecular flexibility index (Phi) is 2.21. The van der Waals surface area contributed by atoms with E-state index in [1.165, 1.54) is 0 Å². The van der Waals surface area contributed by atoms with E-state index in [0.717, 1.165) is 18.4 Å². The smallest absolute Gasteiger partial charge is 0.358 e. The molecule has 0 bridgehead atoms. The van der Waals surface area contributed by atoms with Crippen molar-refractivity contribution in [2.75, 3.05) is 0 Å². The Morgan fingerprint density at radius 1 is 1.29 bits per heavy atom. The lowest BCUT2D eigenvalue weighted by molar-refractivity contribution is 0.0691.